The Bertz CT molecular complexity index is 1320. The Hall–Kier alpha value is -4.66. The van der Waals surface area contributed by atoms with E-state index in [2.05, 4.69) is 5.32 Å². The van der Waals surface area contributed by atoms with Gasteiger partial charge in [0.15, 0.2) is 11.5 Å². The normalized spacial score (nSPS) is 14.2. The molecule has 9 heteroatoms. The molecule has 0 aromatic heterocycles. The van der Waals surface area contributed by atoms with Gasteiger partial charge in [-0.25, -0.2) is 4.79 Å². The molecule has 0 spiro atoms. The predicted molar refractivity (Wildman–Crippen MR) is 129 cm³/mol. The highest BCUT2D eigenvalue weighted by atomic mass is 16.6. The van der Waals surface area contributed by atoms with Crippen LogP contribution in [0.1, 0.15) is 22.3 Å². The van der Waals surface area contributed by atoms with Crippen molar-refractivity contribution >= 4 is 23.7 Å². The number of nitro groups is 1. The number of hydrogen-bond acceptors (Lipinski definition) is 6. The number of non-ortho nitro benzene ring substituents is 1. The molecule has 1 aliphatic rings. The van der Waals surface area contributed by atoms with Crippen LogP contribution in [-0.4, -0.2) is 28.9 Å². The summed E-state index contributed by atoms with van der Waals surface area (Å²) in [7, 11) is 1.48. The average Bonchev–Trinajstić information content (AvgIpc) is 3.11. The number of carbonyl (C=O) groups excluding carboxylic acids is 2. The Kier molecular flexibility index (Phi) is 6.77. The summed E-state index contributed by atoms with van der Waals surface area (Å²) >= 11 is 0. The fourth-order valence-electron chi connectivity index (χ4n) is 3.57. The largest absolute Gasteiger partial charge is 0.493 e. The van der Waals surface area contributed by atoms with Crippen molar-refractivity contribution in [3.05, 3.63) is 105 Å². The molecule has 1 saturated heterocycles. The van der Waals surface area contributed by atoms with Crippen molar-refractivity contribution in [2.75, 3.05) is 7.11 Å². The first-order valence-electron chi connectivity index (χ1n) is 10.8. The van der Waals surface area contributed by atoms with E-state index in [4.69, 9.17) is 9.47 Å². The first-order valence-corrected chi connectivity index (χ1v) is 10.8. The lowest BCUT2D eigenvalue weighted by molar-refractivity contribution is -0.384. The molecule has 0 unspecified atom stereocenters. The SMILES string of the molecule is COc1cc(/C=C2/NC(=O)N(Cc3ccc(C)cc3)C2=O)ccc1OCc1cccc([N+](=O)[O-])c1. The fraction of sp³-hybridized carbons (Fsp3) is 0.154. The molecule has 0 radical (unpaired) electrons. The molecule has 3 amide bonds. The Morgan fingerprint density at radius 2 is 1.77 bits per heavy atom. The van der Waals surface area contributed by atoms with Crippen LogP contribution in [0.4, 0.5) is 10.5 Å². The molecule has 0 aliphatic carbocycles. The Morgan fingerprint density at radius 1 is 1.00 bits per heavy atom. The maximum absolute atomic E-state index is 12.8. The lowest BCUT2D eigenvalue weighted by atomic mass is 10.1. The van der Waals surface area contributed by atoms with Gasteiger partial charge >= 0.3 is 6.03 Å². The van der Waals surface area contributed by atoms with E-state index in [1.54, 1.807) is 36.4 Å². The Balaban J connectivity index is 1.47. The zero-order valence-electron chi connectivity index (χ0n) is 19.2. The smallest absolute Gasteiger partial charge is 0.329 e. The summed E-state index contributed by atoms with van der Waals surface area (Å²) in [6.45, 7) is 2.26. The second-order valence-corrected chi connectivity index (χ2v) is 7.99. The van der Waals surface area contributed by atoms with Crippen molar-refractivity contribution in [2.24, 2.45) is 0 Å². The number of nitrogens with zero attached hydrogens (tertiary/aromatic N) is 2. The summed E-state index contributed by atoms with van der Waals surface area (Å²) in [6, 6.07) is 18.4. The maximum Gasteiger partial charge on any atom is 0.329 e. The van der Waals surface area contributed by atoms with Crippen LogP contribution in [0.5, 0.6) is 11.5 Å². The van der Waals surface area contributed by atoms with Crippen LogP contribution in [0.25, 0.3) is 6.08 Å². The number of ether oxygens (including phenoxy) is 2. The van der Waals surface area contributed by atoms with E-state index in [1.165, 1.54) is 19.2 Å². The molecule has 1 fully saturated rings. The molecule has 4 rings (SSSR count). The predicted octanol–water partition coefficient (Wildman–Crippen LogP) is 4.58. The summed E-state index contributed by atoms with van der Waals surface area (Å²) < 4.78 is 11.2. The van der Waals surface area contributed by atoms with Gasteiger partial charge < -0.3 is 14.8 Å². The summed E-state index contributed by atoms with van der Waals surface area (Å²) in [5.41, 5.74) is 3.37. The number of nitro benzene ring substituents is 1. The Labute approximate surface area is 201 Å². The number of nitrogens with one attached hydrogen (secondary N) is 1. The summed E-state index contributed by atoms with van der Waals surface area (Å²) in [5.74, 6) is 0.433. The van der Waals surface area contributed by atoms with Gasteiger partial charge in [-0.3, -0.25) is 19.8 Å². The van der Waals surface area contributed by atoms with E-state index in [9.17, 15) is 19.7 Å². The van der Waals surface area contributed by atoms with Gasteiger partial charge in [0, 0.05) is 12.1 Å². The number of carbonyl (C=O) groups is 2. The van der Waals surface area contributed by atoms with Crippen molar-refractivity contribution in [3.63, 3.8) is 0 Å². The summed E-state index contributed by atoms with van der Waals surface area (Å²) in [5, 5.41) is 13.6. The van der Waals surface area contributed by atoms with Crippen LogP contribution < -0.4 is 14.8 Å². The molecule has 0 atom stereocenters. The number of urea groups is 1. The van der Waals surface area contributed by atoms with Gasteiger partial charge in [0.25, 0.3) is 11.6 Å². The van der Waals surface area contributed by atoms with E-state index in [1.807, 2.05) is 31.2 Å². The third-order valence-corrected chi connectivity index (χ3v) is 5.44. The molecular weight excluding hydrogens is 450 g/mol. The van der Waals surface area contributed by atoms with Crippen molar-refractivity contribution in [1.82, 2.24) is 10.2 Å². The van der Waals surface area contributed by atoms with Crippen LogP contribution in [0.15, 0.2) is 72.4 Å². The van der Waals surface area contributed by atoms with Gasteiger partial charge in [-0.05, 0) is 41.8 Å². The van der Waals surface area contributed by atoms with Crippen LogP contribution in [0.3, 0.4) is 0 Å². The van der Waals surface area contributed by atoms with Crippen molar-refractivity contribution in [2.45, 2.75) is 20.1 Å². The third-order valence-electron chi connectivity index (χ3n) is 5.44. The number of aryl methyl sites for hydroxylation is 1. The summed E-state index contributed by atoms with van der Waals surface area (Å²) in [4.78, 5) is 36.9. The minimum atomic E-state index is -0.481. The van der Waals surface area contributed by atoms with E-state index < -0.39 is 16.9 Å². The highest BCUT2D eigenvalue weighted by Gasteiger charge is 2.33. The molecule has 35 heavy (non-hydrogen) atoms. The minimum Gasteiger partial charge on any atom is -0.493 e. The van der Waals surface area contributed by atoms with Crippen molar-refractivity contribution < 1.29 is 24.0 Å². The molecule has 3 aromatic rings. The van der Waals surface area contributed by atoms with E-state index >= 15 is 0 Å². The monoisotopic (exact) mass is 473 g/mol. The number of amides is 3. The lowest BCUT2D eigenvalue weighted by Crippen LogP contribution is -2.30. The minimum absolute atomic E-state index is 0.0141. The average molecular weight is 473 g/mol. The lowest BCUT2D eigenvalue weighted by Gasteiger charge is -2.12. The van der Waals surface area contributed by atoms with Gasteiger partial charge in [0.2, 0.25) is 0 Å². The second kappa shape index (κ2) is 10.1. The quantitative estimate of drug-likeness (QED) is 0.222. The molecule has 3 aromatic carbocycles. The highest BCUT2D eigenvalue weighted by Crippen LogP contribution is 2.30. The molecule has 1 aliphatic heterocycles. The molecule has 1 heterocycles. The van der Waals surface area contributed by atoms with Gasteiger partial charge in [0.05, 0.1) is 18.6 Å². The van der Waals surface area contributed by atoms with Gasteiger partial charge in [-0.1, -0.05) is 48.0 Å². The number of methoxy groups -OCH3 is 1. The van der Waals surface area contributed by atoms with Crippen molar-refractivity contribution in [1.29, 1.82) is 0 Å². The van der Waals surface area contributed by atoms with Crippen LogP contribution in [0, 0.1) is 17.0 Å². The molecule has 9 nitrogen and oxygen atoms in total. The standard InChI is InChI=1S/C26H23N3O6/c1-17-6-8-18(9-7-17)15-28-25(30)22(27-26(28)31)13-19-10-11-23(24(14-19)34-2)35-16-20-4-3-5-21(12-20)29(32)33/h3-14H,15-16H2,1-2H3,(H,27,31)/b22-13+. The summed E-state index contributed by atoms with van der Waals surface area (Å²) in [6.07, 6.45) is 1.57. The first-order chi connectivity index (χ1) is 16.8. The van der Waals surface area contributed by atoms with E-state index in [0.717, 1.165) is 16.0 Å². The molecular formula is C26H23N3O6. The molecule has 0 bridgehead atoms. The fourth-order valence-corrected chi connectivity index (χ4v) is 3.57. The Morgan fingerprint density at radius 3 is 2.49 bits per heavy atom. The van der Waals surface area contributed by atoms with Crippen LogP contribution in [-0.2, 0) is 17.9 Å². The van der Waals surface area contributed by atoms with Gasteiger partial charge in [-0.15, -0.1) is 0 Å². The van der Waals surface area contributed by atoms with Crippen LogP contribution in [0.2, 0.25) is 0 Å². The number of benzene rings is 3. The van der Waals surface area contributed by atoms with Crippen molar-refractivity contribution in [3.8, 4) is 11.5 Å². The molecule has 178 valence electrons. The number of imide groups is 1. The zero-order valence-corrected chi connectivity index (χ0v) is 19.2. The molecule has 0 saturated carbocycles. The van der Waals surface area contributed by atoms with Gasteiger partial charge in [0.1, 0.15) is 12.3 Å². The number of hydrogen-bond donors (Lipinski definition) is 1. The van der Waals surface area contributed by atoms with Gasteiger partial charge in [-0.2, -0.15) is 0 Å². The highest BCUT2D eigenvalue weighted by molar-refractivity contribution is 6.13. The maximum atomic E-state index is 12.8. The van der Waals surface area contributed by atoms with Crippen LogP contribution >= 0.6 is 0 Å². The zero-order chi connectivity index (χ0) is 24.9. The number of rotatable bonds is 8. The topological polar surface area (TPSA) is 111 Å². The second-order valence-electron chi connectivity index (χ2n) is 7.99. The first kappa shape index (κ1) is 23.5. The van der Waals surface area contributed by atoms with E-state index in [-0.39, 0.29) is 24.5 Å². The molecule has 1 N–H and O–H groups in total. The van der Waals surface area contributed by atoms with E-state index in [0.29, 0.717) is 22.6 Å². The third kappa shape index (κ3) is 5.47.